The van der Waals surface area contributed by atoms with Crippen LogP contribution < -0.4 is 21.0 Å². The first-order valence-corrected chi connectivity index (χ1v) is 8.31. The van der Waals surface area contributed by atoms with Gasteiger partial charge in [-0.15, -0.1) is 5.11 Å². The van der Waals surface area contributed by atoms with Gasteiger partial charge in [-0.1, -0.05) is 17.4 Å². The van der Waals surface area contributed by atoms with E-state index in [1.165, 1.54) is 0 Å². The first-order chi connectivity index (χ1) is 12.7. The number of hydrogen-bond acceptors (Lipinski definition) is 4. The quantitative estimate of drug-likeness (QED) is 0.436. The van der Waals surface area contributed by atoms with Gasteiger partial charge < -0.3 is 10.6 Å². The lowest BCUT2D eigenvalue weighted by Gasteiger charge is -2.29. The van der Waals surface area contributed by atoms with Crippen LogP contribution in [0.2, 0.25) is 0 Å². The predicted molar refractivity (Wildman–Crippen MR) is 101 cm³/mol. The van der Waals surface area contributed by atoms with E-state index in [4.69, 9.17) is 0 Å². The molecule has 0 saturated carbocycles. The van der Waals surface area contributed by atoms with Crippen LogP contribution in [0.4, 0.5) is 27.5 Å². The van der Waals surface area contributed by atoms with Crippen LogP contribution in [-0.2, 0) is 11.2 Å². The molecule has 8 heteroatoms. The number of benzene rings is 2. The van der Waals surface area contributed by atoms with Crippen LogP contribution in [0.15, 0.2) is 52.8 Å². The lowest BCUT2D eigenvalue weighted by atomic mass is 10.0. The number of carbonyl (C=O) groups excluding carboxylic acids is 2. The van der Waals surface area contributed by atoms with Crippen molar-refractivity contribution in [3.05, 3.63) is 48.0 Å². The van der Waals surface area contributed by atoms with E-state index >= 15 is 0 Å². The Balaban J connectivity index is 1.78. The highest BCUT2D eigenvalue weighted by Crippen LogP contribution is 2.36. The van der Waals surface area contributed by atoms with E-state index in [1.54, 1.807) is 36.2 Å². The Labute approximate surface area is 151 Å². The fourth-order valence-corrected chi connectivity index (χ4v) is 2.89. The monoisotopic (exact) mass is 352 g/mol. The number of para-hydroxylation sites is 1. The summed E-state index contributed by atoms with van der Waals surface area (Å²) < 4.78 is 0. The summed E-state index contributed by atoms with van der Waals surface area (Å²) in [5, 5.41) is 13.5. The second-order valence-corrected chi connectivity index (χ2v) is 5.75. The van der Waals surface area contributed by atoms with Gasteiger partial charge in [0.15, 0.2) is 0 Å². The van der Waals surface area contributed by atoms with Crippen molar-refractivity contribution in [2.24, 2.45) is 10.3 Å². The molecule has 0 saturated heterocycles. The third-order valence-electron chi connectivity index (χ3n) is 4.10. The fourth-order valence-electron chi connectivity index (χ4n) is 2.89. The van der Waals surface area contributed by atoms with Crippen molar-refractivity contribution in [2.45, 2.75) is 12.8 Å². The molecule has 8 nitrogen and oxygen atoms in total. The number of aryl methyl sites for hydroxylation is 1. The highest BCUT2D eigenvalue weighted by atomic mass is 16.2. The van der Waals surface area contributed by atoms with Crippen molar-refractivity contribution in [3.63, 3.8) is 0 Å². The van der Waals surface area contributed by atoms with Gasteiger partial charge >= 0.3 is 6.03 Å². The van der Waals surface area contributed by atoms with Gasteiger partial charge in [-0.2, -0.15) is 0 Å². The molecule has 0 aromatic heterocycles. The number of nitrogens with zero attached hydrogens (tertiary/aromatic N) is 3. The van der Waals surface area contributed by atoms with E-state index in [-0.39, 0.29) is 6.03 Å². The Hall–Kier alpha value is -3.42. The van der Waals surface area contributed by atoms with Crippen LogP contribution in [0, 0.1) is 0 Å². The number of carbonyl (C=O) groups is 2. The summed E-state index contributed by atoms with van der Waals surface area (Å²) in [6.45, 7) is 0.651. The maximum Gasteiger partial charge on any atom is 0.321 e. The van der Waals surface area contributed by atoms with Crippen LogP contribution in [0.25, 0.3) is 0 Å². The van der Waals surface area contributed by atoms with Crippen molar-refractivity contribution in [1.29, 1.82) is 0 Å². The molecule has 0 atom stereocenters. The molecule has 3 amide bonds. The van der Waals surface area contributed by atoms with Gasteiger partial charge in [-0.25, -0.2) is 4.79 Å². The lowest BCUT2D eigenvalue weighted by molar-refractivity contribution is -0.105. The topological polar surface area (TPSA) is 98.2 Å². The zero-order valence-electron chi connectivity index (χ0n) is 14.4. The molecule has 134 valence electrons. The minimum atomic E-state index is -0.153. The molecule has 26 heavy (non-hydrogen) atoms. The number of hydrogen-bond donors (Lipinski definition) is 3. The summed E-state index contributed by atoms with van der Waals surface area (Å²) in [5.74, 6) is 0. The number of fused-ring (bicyclic) bond motifs is 1. The third kappa shape index (κ3) is 3.80. The van der Waals surface area contributed by atoms with E-state index < -0.39 is 0 Å². The number of anilines is 3. The van der Waals surface area contributed by atoms with Gasteiger partial charge in [0.25, 0.3) is 0 Å². The Morgan fingerprint density at radius 1 is 1.15 bits per heavy atom. The van der Waals surface area contributed by atoms with E-state index in [1.807, 2.05) is 18.2 Å². The number of amides is 3. The van der Waals surface area contributed by atoms with Gasteiger partial charge in [-0.3, -0.25) is 15.1 Å². The third-order valence-corrected chi connectivity index (χ3v) is 4.10. The van der Waals surface area contributed by atoms with Crippen LogP contribution in [0.3, 0.4) is 0 Å². The highest BCUT2D eigenvalue weighted by molar-refractivity contribution is 5.96. The van der Waals surface area contributed by atoms with E-state index in [9.17, 15) is 9.59 Å². The van der Waals surface area contributed by atoms with Gasteiger partial charge in [0, 0.05) is 19.3 Å². The second-order valence-electron chi connectivity index (χ2n) is 5.75. The highest BCUT2D eigenvalue weighted by Gasteiger charge is 2.24. The molecule has 1 aliphatic rings. The SMILES string of the molecule is CNC(=O)N1CCCc2cccc(N=NNc3ccc(NC=O)cc3)c21. The molecule has 2 aromatic carbocycles. The molecule has 0 aliphatic carbocycles. The minimum Gasteiger partial charge on any atom is -0.341 e. The van der Waals surface area contributed by atoms with Gasteiger partial charge in [0.2, 0.25) is 6.41 Å². The number of nitrogens with one attached hydrogen (secondary N) is 3. The Morgan fingerprint density at radius 3 is 2.65 bits per heavy atom. The molecule has 0 unspecified atom stereocenters. The molecular formula is C18H20N6O2. The predicted octanol–water partition coefficient (Wildman–Crippen LogP) is 3.46. The molecule has 3 rings (SSSR count). The van der Waals surface area contributed by atoms with Crippen molar-refractivity contribution in [3.8, 4) is 0 Å². The van der Waals surface area contributed by atoms with Crippen molar-refractivity contribution in [1.82, 2.24) is 5.32 Å². The fraction of sp³-hybridized carbons (Fsp3) is 0.222. The second kappa shape index (κ2) is 8.11. The Kier molecular flexibility index (Phi) is 5.43. The van der Waals surface area contributed by atoms with Gasteiger partial charge in [0.05, 0.1) is 11.4 Å². The molecule has 1 heterocycles. The average Bonchev–Trinajstić information content (AvgIpc) is 2.68. The maximum absolute atomic E-state index is 12.2. The summed E-state index contributed by atoms with van der Waals surface area (Å²) >= 11 is 0. The van der Waals surface area contributed by atoms with Crippen molar-refractivity contribution < 1.29 is 9.59 Å². The lowest BCUT2D eigenvalue weighted by Crippen LogP contribution is -2.41. The zero-order valence-corrected chi connectivity index (χ0v) is 14.4. The average molecular weight is 352 g/mol. The van der Waals surface area contributed by atoms with E-state index in [0.29, 0.717) is 24.3 Å². The van der Waals surface area contributed by atoms with E-state index in [2.05, 4.69) is 26.4 Å². The van der Waals surface area contributed by atoms with E-state index in [0.717, 1.165) is 29.8 Å². The van der Waals surface area contributed by atoms with Crippen LogP contribution >= 0.6 is 0 Å². The van der Waals surface area contributed by atoms with Crippen LogP contribution in [0.1, 0.15) is 12.0 Å². The smallest absolute Gasteiger partial charge is 0.321 e. The molecule has 2 aromatic rings. The van der Waals surface area contributed by atoms with Crippen LogP contribution in [-0.4, -0.2) is 26.0 Å². The summed E-state index contributed by atoms with van der Waals surface area (Å²) in [4.78, 5) is 24.3. The van der Waals surface area contributed by atoms with Gasteiger partial charge in [-0.05, 0) is 48.7 Å². The van der Waals surface area contributed by atoms with Crippen LogP contribution in [0.5, 0.6) is 0 Å². The zero-order chi connectivity index (χ0) is 18.4. The van der Waals surface area contributed by atoms with Gasteiger partial charge in [0.1, 0.15) is 5.69 Å². The summed E-state index contributed by atoms with van der Waals surface area (Å²) in [5.41, 5.74) is 6.80. The largest absolute Gasteiger partial charge is 0.341 e. The Bertz CT molecular complexity index is 819. The molecule has 0 spiro atoms. The number of urea groups is 1. The summed E-state index contributed by atoms with van der Waals surface area (Å²) in [6, 6.07) is 12.7. The summed E-state index contributed by atoms with van der Waals surface area (Å²) in [7, 11) is 1.62. The molecule has 0 fully saturated rings. The molecule has 3 N–H and O–H groups in total. The standard InChI is InChI=1S/C18H20N6O2/c1-19-18(26)24-11-3-5-13-4-2-6-16(17(13)24)22-23-21-15-9-7-14(8-10-15)20-12-25/h2,4,6-10,12H,3,5,11H2,1H3,(H,19,26)(H,20,25)(H,21,22). The first-order valence-electron chi connectivity index (χ1n) is 8.31. The molecule has 0 bridgehead atoms. The normalized spacial score (nSPS) is 13.2. The molecular weight excluding hydrogens is 332 g/mol. The minimum absolute atomic E-state index is 0.153. The van der Waals surface area contributed by atoms with Crippen molar-refractivity contribution >= 4 is 35.2 Å². The van der Waals surface area contributed by atoms with Crippen molar-refractivity contribution in [2.75, 3.05) is 29.2 Å². The summed E-state index contributed by atoms with van der Waals surface area (Å²) in [6.07, 6.45) is 2.45. The maximum atomic E-state index is 12.2. The Morgan fingerprint density at radius 2 is 1.92 bits per heavy atom. The first kappa shape index (κ1) is 17.4. The molecule has 0 radical (unpaired) electrons. The number of rotatable bonds is 5. The molecule has 1 aliphatic heterocycles.